The Labute approximate surface area is 159 Å². The molecule has 3 rings (SSSR count). The maximum atomic E-state index is 12.8. The number of sulfonamides is 1. The average molecular weight is 389 g/mol. The Kier molecular flexibility index (Phi) is 5.82. The first-order valence-corrected chi connectivity index (χ1v) is 10.7. The molecule has 0 radical (unpaired) electrons. The third-order valence-electron chi connectivity index (χ3n) is 4.71. The highest BCUT2D eigenvalue weighted by atomic mass is 32.2. The predicted molar refractivity (Wildman–Crippen MR) is 102 cm³/mol. The number of amides is 1. The van der Waals surface area contributed by atoms with Crippen molar-refractivity contribution in [3.05, 3.63) is 65.7 Å². The van der Waals surface area contributed by atoms with Crippen molar-refractivity contribution < 1.29 is 22.7 Å². The minimum atomic E-state index is -3.63. The molecule has 1 amide bonds. The molecule has 27 heavy (non-hydrogen) atoms. The van der Waals surface area contributed by atoms with Gasteiger partial charge in [0.1, 0.15) is 12.4 Å². The van der Waals surface area contributed by atoms with E-state index in [-0.39, 0.29) is 0 Å². The Morgan fingerprint density at radius 1 is 1.07 bits per heavy atom. The van der Waals surface area contributed by atoms with E-state index in [0.29, 0.717) is 38.4 Å². The Balaban J connectivity index is 1.78. The summed E-state index contributed by atoms with van der Waals surface area (Å²) < 4.78 is 36.4. The van der Waals surface area contributed by atoms with Crippen molar-refractivity contribution in [2.75, 3.05) is 19.5 Å². The van der Waals surface area contributed by atoms with E-state index < -0.39 is 21.3 Å². The summed E-state index contributed by atoms with van der Waals surface area (Å²) in [7, 11) is -3.63. The molecule has 144 valence electrons. The van der Waals surface area contributed by atoms with Gasteiger partial charge in [0.15, 0.2) is 0 Å². The maximum absolute atomic E-state index is 12.8. The van der Waals surface area contributed by atoms with Crippen LogP contribution >= 0.6 is 0 Å². The zero-order chi connectivity index (χ0) is 19.3. The van der Waals surface area contributed by atoms with Crippen LogP contribution in [0.3, 0.4) is 0 Å². The fourth-order valence-electron chi connectivity index (χ4n) is 3.24. The first kappa shape index (κ1) is 19.4. The molecule has 6 nitrogen and oxygen atoms in total. The topological polar surface area (TPSA) is 81.7 Å². The fourth-order valence-corrected chi connectivity index (χ4v) is 3.78. The maximum Gasteiger partial charge on any atom is 0.244 e. The molecule has 0 spiro atoms. The Hall–Kier alpha value is -2.38. The molecule has 2 aromatic carbocycles. The van der Waals surface area contributed by atoms with Gasteiger partial charge in [-0.1, -0.05) is 42.5 Å². The summed E-state index contributed by atoms with van der Waals surface area (Å²) in [5.41, 5.74) is 0.910. The van der Waals surface area contributed by atoms with Crippen molar-refractivity contribution in [1.29, 1.82) is 0 Å². The van der Waals surface area contributed by atoms with Crippen LogP contribution in [0.15, 0.2) is 54.6 Å². The first-order valence-electron chi connectivity index (χ1n) is 8.76. The summed E-state index contributed by atoms with van der Waals surface area (Å²) in [5, 5.41) is 0. The number of nitrogens with one attached hydrogen (secondary N) is 1. The van der Waals surface area contributed by atoms with Crippen LogP contribution in [0.25, 0.3) is 0 Å². The van der Waals surface area contributed by atoms with Gasteiger partial charge in [-0.2, -0.15) is 0 Å². The average Bonchev–Trinajstić information content (AvgIpc) is 2.67. The second kappa shape index (κ2) is 8.10. The molecule has 0 aliphatic carbocycles. The molecule has 1 aliphatic heterocycles. The highest BCUT2D eigenvalue weighted by Gasteiger charge is 2.42. The zero-order valence-corrected chi connectivity index (χ0v) is 16.0. The van der Waals surface area contributed by atoms with E-state index in [1.165, 1.54) is 0 Å². The van der Waals surface area contributed by atoms with Gasteiger partial charge in [0, 0.05) is 13.2 Å². The predicted octanol–water partition coefficient (Wildman–Crippen LogP) is 2.39. The molecule has 2 aromatic rings. The van der Waals surface area contributed by atoms with E-state index in [1.807, 2.05) is 54.6 Å². The number of benzene rings is 2. The monoisotopic (exact) mass is 389 g/mol. The summed E-state index contributed by atoms with van der Waals surface area (Å²) in [6.45, 7) is 1.26. The lowest BCUT2D eigenvalue weighted by molar-refractivity contribution is -0.128. The number of carbonyl (C=O) groups excluding carboxylic acids is 1. The lowest BCUT2D eigenvalue weighted by Gasteiger charge is -2.36. The van der Waals surface area contributed by atoms with Crippen LogP contribution in [0.2, 0.25) is 0 Å². The second-order valence-corrected chi connectivity index (χ2v) is 8.44. The van der Waals surface area contributed by atoms with Crippen molar-refractivity contribution in [3.63, 3.8) is 0 Å². The van der Waals surface area contributed by atoms with Crippen molar-refractivity contribution in [2.24, 2.45) is 0 Å². The molecule has 0 unspecified atom stereocenters. The van der Waals surface area contributed by atoms with Gasteiger partial charge in [-0.25, -0.2) is 8.42 Å². The molecule has 7 heteroatoms. The molecule has 1 fully saturated rings. The molecule has 1 aliphatic rings. The second-order valence-electron chi connectivity index (χ2n) is 6.70. The summed E-state index contributed by atoms with van der Waals surface area (Å²) in [6, 6.07) is 17.1. The fraction of sp³-hybridized carbons (Fsp3) is 0.350. The molecule has 1 saturated heterocycles. The van der Waals surface area contributed by atoms with Crippen molar-refractivity contribution in [2.45, 2.75) is 24.9 Å². The number of hydrogen-bond donors (Lipinski definition) is 1. The molecular weight excluding hydrogens is 366 g/mol. The van der Waals surface area contributed by atoms with E-state index in [4.69, 9.17) is 9.47 Å². The Morgan fingerprint density at radius 2 is 1.70 bits per heavy atom. The molecule has 0 aromatic heterocycles. The van der Waals surface area contributed by atoms with Crippen LogP contribution in [0, 0.1) is 0 Å². The lowest BCUT2D eigenvalue weighted by atomic mass is 9.73. The first-order chi connectivity index (χ1) is 12.9. The van der Waals surface area contributed by atoms with Crippen molar-refractivity contribution >= 4 is 15.9 Å². The third-order valence-corrected chi connectivity index (χ3v) is 5.27. The number of carbonyl (C=O) groups is 1. The van der Waals surface area contributed by atoms with Gasteiger partial charge in [-0.05, 0) is 36.1 Å². The quantitative estimate of drug-likeness (QED) is 0.820. The van der Waals surface area contributed by atoms with Gasteiger partial charge in [0.05, 0.1) is 11.7 Å². The molecule has 0 bridgehead atoms. The highest BCUT2D eigenvalue weighted by Crippen LogP contribution is 2.36. The summed E-state index contributed by atoms with van der Waals surface area (Å²) in [5.74, 6) is 0.180. The lowest BCUT2D eigenvalue weighted by Crippen LogP contribution is -2.49. The minimum Gasteiger partial charge on any atom is -0.489 e. The van der Waals surface area contributed by atoms with Crippen molar-refractivity contribution in [3.8, 4) is 5.75 Å². The smallest absolute Gasteiger partial charge is 0.244 e. The van der Waals surface area contributed by atoms with E-state index in [0.717, 1.165) is 17.4 Å². The molecular formula is C20H23NO5S. The Bertz CT molecular complexity index is 872. The molecule has 0 atom stereocenters. The number of hydrogen-bond acceptors (Lipinski definition) is 5. The van der Waals surface area contributed by atoms with E-state index in [9.17, 15) is 13.2 Å². The van der Waals surface area contributed by atoms with Crippen molar-refractivity contribution in [1.82, 2.24) is 4.72 Å². The van der Waals surface area contributed by atoms with E-state index in [1.54, 1.807) is 0 Å². The zero-order valence-electron chi connectivity index (χ0n) is 15.2. The van der Waals surface area contributed by atoms with Gasteiger partial charge in [-0.3, -0.25) is 9.52 Å². The number of rotatable bonds is 6. The summed E-state index contributed by atoms with van der Waals surface area (Å²) >= 11 is 0. The van der Waals surface area contributed by atoms with Crippen LogP contribution in [-0.2, 0) is 31.6 Å². The van der Waals surface area contributed by atoms with E-state index in [2.05, 4.69) is 4.72 Å². The SMILES string of the molecule is CS(=O)(=O)NC(=O)C1(c2ccc(OCc3ccccc3)cc2)CCOCC1. The van der Waals surface area contributed by atoms with Gasteiger partial charge in [0.25, 0.3) is 0 Å². The normalized spacial score (nSPS) is 16.5. The third kappa shape index (κ3) is 4.87. The summed E-state index contributed by atoms with van der Waals surface area (Å²) in [6.07, 6.45) is 1.84. The highest BCUT2D eigenvalue weighted by molar-refractivity contribution is 7.89. The molecule has 0 saturated carbocycles. The number of ether oxygens (including phenoxy) is 2. The van der Waals surface area contributed by atoms with Crippen LogP contribution < -0.4 is 9.46 Å². The van der Waals surface area contributed by atoms with Crippen LogP contribution in [-0.4, -0.2) is 33.8 Å². The van der Waals surface area contributed by atoms with Gasteiger partial charge < -0.3 is 9.47 Å². The Morgan fingerprint density at radius 3 is 2.30 bits per heavy atom. The molecule has 1 N–H and O–H groups in total. The van der Waals surface area contributed by atoms with Gasteiger partial charge >= 0.3 is 0 Å². The van der Waals surface area contributed by atoms with Crippen LogP contribution in [0.1, 0.15) is 24.0 Å². The van der Waals surface area contributed by atoms with Crippen LogP contribution in [0.4, 0.5) is 0 Å². The molecule has 1 heterocycles. The minimum absolute atomic E-state index is 0.406. The standard InChI is InChI=1S/C20H23NO5S/c1-27(23,24)21-19(22)20(11-13-25-14-12-20)17-7-9-18(10-8-17)26-15-16-5-3-2-4-6-16/h2-10H,11-15H2,1H3,(H,21,22). The summed E-state index contributed by atoms with van der Waals surface area (Å²) in [4.78, 5) is 12.8. The largest absolute Gasteiger partial charge is 0.489 e. The van der Waals surface area contributed by atoms with Gasteiger partial charge in [0.2, 0.25) is 15.9 Å². The van der Waals surface area contributed by atoms with Crippen LogP contribution in [0.5, 0.6) is 5.75 Å². The van der Waals surface area contributed by atoms with E-state index >= 15 is 0 Å². The van der Waals surface area contributed by atoms with Gasteiger partial charge in [-0.15, -0.1) is 0 Å².